The molecule has 300 valence electrons. The van der Waals surface area contributed by atoms with Gasteiger partial charge in [0.1, 0.15) is 29.6 Å². The van der Waals surface area contributed by atoms with E-state index in [-0.39, 0.29) is 41.4 Å². The summed E-state index contributed by atoms with van der Waals surface area (Å²) < 4.78 is 4.77. The van der Waals surface area contributed by atoms with Gasteiger partial charge in [0.25, 0.3) is 0 Å². The molecule has 5 N–H and O–H groups in total. The molecular weight excluding hydrogens is 743 g/mol. The van der Waals surface area contributed by atoms with E-state index in [9.17, 15) is 19.2 Å². The Kier molecular flexibility index (Phi) is 11.5. The van der Waals surface area contributed by atoms with Crippen molar-refractivity contribution in [1.82, 2.24) is 50.3 Å². The zero-order valence-electron chi connectivity index (χ0n) is 33.2. The minimum atomic E-state index is -0.698. The Bertz CT molecular complexity index is 2280. The SMILES string of the molecule is COC(=O)N[C@H](C(=O)N1CCC[C@H]1c1ncc(-c2ccc(-c3ccc(-c4cnc([C@@H]5CCCN5C(=O)[C@@H](NC(=O)P)C(C)C)[nH]4)c4nc(C)[nH]c34)cc2)[nH]1)C(C)C. The van der Waals surface area contributed by atoms with Crippen molar-refractivity contribution >= 4 is 43.8 Å². The summed E-state index contributed by atoms with van der Waals surface area (Å²) in [5.74, 6) is 1.78. The number of alkyl carbamates (subject to hydrolysis) is 1. The van der Waals surface area contributed by atoms with Crippen LogP contribution in [0.2, 0.25) is 0 Å². The van der Waals surface area contributed by atoms with Crippen LogP contribution in [0, 0.1) is 18.8 Å². The summed E-state index contributed by atoms with van der Waals surface area (Å²) in [5, 5.41) is 5.50. The van der Waals surface area contributed by atoms with Gasteiger partial charge in [-0.05, 0) is 70.9 Å². The van der Waals surface area contributed by atoms with E-state index in [1.807, 2.05) is 57.7 Å². The van der Waals surface area contributed by atoms with Crippen LogP contribution in [0.1, 0.15) is 82.9 Å². The van der Waals surface area contributed by atoms with Crippen LogP contribution in [-0.2, 0) is 14.3 Å². The van der Waals surface area contributed by atoms with Crippen LogP contribution in [-0.4, -0.2) is 95.5 Å². The molecular formula is C41H51N10O5P. The largest absolute Gasteiger partial charge is 0.453 e. The molecule has 15 nitrogen and oxygen atoms in total. The number of aromatic nitrogens is 6. The molecule has 4 amide bonds. The summed E-state index contributed by atoms with van der Waals surface area (Å²) in [6.07, 6.45) is 6.20. The topological polar surface area (TPSA) is 194 Å². The number of imidazole rings is 3. The normalized spacial score (nSPS) is 18.1. The Morgan fingerprint density at radius 3 is 1.84 bits per heavy atom. The highest BCUT2D eigenvalue weighted by molar-refractivity contribution is 7.39. The molecule has 3 aromatic heterocycles. The zero-order chi connectivity index (χ0) is 40.5. The zero-order valence-corrected chi connectivity index (χ0v) is 34.3. The van der Waals surface area contributed by atoms with E-state index < -0.39 is 18.2 Å². The van der Waals surface area contributed by atoms with Gasteiger partial charge in [-0.15, -0.1) is 0 Å². The number of hydrogen-bond acceptors (Lipinski definition) is 8. The molecule has 0 bridgehead atoms. The summed E-state index contributed by atoms with van der Waals surface area (Å²) in [4.78, 5) is 79.4. The number of methoxy groups -OCH3 is 1. The van der Waals surface area contributed by atoms with Crippen molar-refractivity contribution in [3.63, 3.8) is 0 Å². The van der Waals surface area contributed by atoms with Gasteiger partial charge >= 0.3 is 6.09 Å². The maximum absolute atomic E-state index is 13.6. The van der Waals surface area contributed by atoms with Gasteiger partial charge in [0, 0.05) is 24.2 Å². The molecule has 2 aliphatic rings. The predicted molar refractivity (Wildman–Crippen MR) is 220 cm³/mol. The minimum absolute atomic E-state index is 0.0610. The molecule has 2 aliphatic heterocycles. The minimum Gasteiger partial charge on any atom is -0.453 e. The van der Waals surface area contributed by atoms with Gasteiger partial charge in [0.15, 0.2) is 0 Å². The van der Waals surface area contributed by atoms with E-state index in [1.54, 1.807) is 17.3 Å². The number of nitrogens with one attached hydrogen (secondary N) is 5. The number of aromatic amines is 3. The Morgan fingerprint density at radius 2 is 1.28 bits per heavy atom. The molecule has 0 saturated carbocycles. The molecule has 0 radical (unpaired) electrons. The number of H-pyrrole nitrogens is 3. The second kappa shape index (κ2) is 16.5. The molecule has 0 spiro atoms. The standard InChI is InChI=1S/C41H51N10O5P/c1-21(2)32(48-40(54)56-6)38(52)50-17-7-9-30(50)36-42-19-28(46-36)25-13-11-24(12-14-25)26-15-16-27(35-34(26)44-23(5)45-35)29-20-43-37(47-29)31-10-8-18-51(31)39(53)33(22(3)4)49-41(55)57/h11-16,19-22,30-33H,7-10,17-18,57H2,1-6H3,(H,42,46)(H,43,47)(H,44,45)(H,48,54)(H,49,55)/t30-,31-,32-,33-/m0/s1. The van der Waals surface area contributed by atoms with Crippen LogP contribution < -0.4 is 10.6 Å². The fraction of sp³-hybridized carbons (Fsp3) is 0.439. The van der Waals surface area contributed by atoms with Crippen LogP contribution in [0.5, 0.6) is 0 Å². The van der Waals surface area contributed by atoms with Crippen LogP contribution in [0.25, 0.3) is 44.7 Å². The Balaban J connectivity index is 1.10. The number of nitrogens with zero attached hydrogens (tertiary/aromatic N) is 5. The average molecular weight is 795 g/mol. The van der Waals surface area contributed by atoms with Crippen LogP contribution in [0.3, 0.4) is 0 Å². The number of carbonyl (C=O) groups is 4. The molecule has 16 heteroatoms. The third-order valence-electron chi connectivity index (χ3n) is 11.1. The first-order chi connectivity index (χ1) is 27.3. The van der Waals surface area contributed by atoms with E-state index in [0.717, 1.165) is 76.2 Å². The van der Waals surface area contributed by atoms with E-state index in [1.165, 1.54) is 7.11 Å². The molecule has 2 saturated heterocycles. The molecule has 57 heavy (non-hydrogen) atoms. The quantitative estimate of drug-likeness (QED) is 0.0919. The molecule has 7 rings (SSSR count). The third-order valence-corrected chi connectivity index (χ3v) is 11.2. The number of carbonyl (C=O) groups excluding carboxylic acids is 4. The van der Waals surface area contributed by atoms with Crippen molar-refractivity contribution in [2.24, 2.45) is 11.8 Å². The average Bonchev–Trinajstić information content (AvgIpc) is 4.04. The Labute approximate surface area is 333 Å². The maximum Gasteiger partial charge on any atom is 0.407 e. The van der Waals surface area contributed by atoms with Crippen molar-refractivity contribution in [2.45, 2.75) is 84.5 Å². The van der Waals surface area contributed by atoms with Gasteiger partial charge in [-0.2, -0.15) is 0 Å². The highest BCUT2D eigenvalue weighted by Gasteiger charge is 2.39. The molecule has 5 heterocycles. The van der Waals surface area contributed by atoms with E-state index >= 15 is 0 Å². The van der Waals surface area contributed by atoms with E-state index in [4.69, 9.17) is 19.7 Å². The lowest BCUT2D eigenvalue weighted by molar-refractivity contribution is -0.136. The van der Waals surface area contributed by atoms with Gasteiger partial charge < -0.3 is 40.1 Å². The Hall–Kier alpha value is -5.56. The number of hydrogen-bond donors (Lipinski definition) is 5. The smallest absolute Gasteiger partial charge is 0.407 e. The highest BCUT2D eigenvalue weighted by Crippen LogP contribution is 2.38. The third kappa shape index (κ3) is 8.03. The molecule has 1 unspecified atom stereocenters. The summed E-state index contributed by atoms with van der Waals surface area (Å²) >= 11 is 0. The molecule has 2 fully saturated rings. The summed E-state index contributed by atoms with van der Waals surface area (Å²) in [7, 11) is 3.38. The van der Waals surface area contributed by atoms with Crippen LogP contribution >= 0.6 is 9.24 Å². The Morgan fingerprint density at radius 1 is 0.754 bits per heavy atom. The van der Waals surface area contributed by atoms with E-state index in [2.05, 4.69) is 53.0 Å². The lowest BCUT2D eigenvalue weighted by Crippen LogP contribution is -2.51. The molecule has 5 atom stereocenters. The monoisotopic (exact) mass is 794 g/mol. The van der Waals surface area contributed by atoms with Crippen molar-refractivity contribution in [1.29, 1.82) is 0 Å². The summed E-state index contributed by atoms with van der Waals surface area (Å²) in [6.45, 7) is 10.8. The van der Waals surface area contributed by atoms with Crippen molar-refractivity contribution in [2.75, 3.05) is 20.2 Å². The van der Waals surface area contributed by atoms with Crippen LogP contribution in [0.15, 0.2) is 48.8 Å². The summed E-state index contributed by atoms with van der Waals surface area (Å²) in [5.41, 5.74) is 6.89. The molecule has 0 aliphatic carbocycles. The maximum atomic E-state index is 13.6. The summed E-state index contributed by atoms with van der Waals surface area (Å²) in [6, 6.07) is 10.6. The van der Waals surface area contributed by atoms with Gasteiger partial charge in [0.05, 0.1) is 54.0 Å². The number of aryl methyl sites for hydroxylation is 1. The van der Waals surface area contributed by atoms with Crippen LogP contribution in [0.4, 0.5) is 9.59 Å². The number of rotatable bonds is 11. The lowest BCUT2D eigenvalue weighted by atomic mass is 9.99. The van der Waals surface area contributed by atoms with Gasteiger partial charge in [-0.1, -0.05) is 58.0 Å². The number of amides is 4. The fourth-order valence-electron chi connectivity index (χ4n) is 8.15. The first kappa shape index (κ1) is 39.7. The second-order valence-electron chi connectivity index (χ2n) is 15.6. The number of benzene rings is 2. The first-order valence-electron chi connectivity index (χ1n) is 19.6. The molecule has 5 aromatic rings. The predicted octanol–water partition coefficient (Wildman–Crippen LogP) is 6.64. The van der Waals surface area contributed by atoms with Crippen molar-refractivity contribution in [3.05, 3.63) is 66.3 Å². The van der Waals surface area contributed by atoms with Crippen molar-refractivity contribution in [3.8, 4) is 33.6 Å². The number of fused-ring (bicyclic) bond motifs is 1. The number of ether oxygens (including phenoxy) is 1. The van der Waals surface area contributed by atoms with Crippen molar-refractivity contribution < 1.29 is 23.9 Å². The number of likely N-dealkylation sites (tertiary alicyclic amines) is 2. The first-order valence-corrected chi connectivity index (χ1v) is 20.1. The van der Waals surface area contributed by atoms with E-state index in [0.29, 0.717) is 24.7 Å². The van der Waals surface area contributed by atoms with Gasteiger partial charge in [0.2, 0.25) is 17.5 Å². The second-order valence-corrected chi connectivity index (χ2v) is 16.1. The fourth-order valence-corrected chi connectivity index (χ4v) is 8.33. The lowest BCUT2D eigenvalue weighted by Gasteiger charge is -2.30. The van der Waals surface area contributed by atoms with Gasteiger partial charge in [-0.25, -0.2) is 19.7 Å². The molecule has 2 aromatic carbocycles. The van der Waals surface area contributed by atoms with Gasteiger partial charge in [-0.3, -0.25) is 14.4 Å². The highest BCUT2D eigenvalue weighted by atomic mass is 31.0.